The van der Waals surface area contributed by atoms with Crippen molar-refractivity contribution in [3.63, 3.8) is 0 Å². The fraction of sp³-hybridized carbons (Fsp3) is 0.188. The summed E-state index contributed by atoms with van der Waals surface area (Å²) in [4.78, 5) is 15.1. The van der Waals surface area contributed by atoms with Crippen molar-refractivity contribution < 1.29 is 18.7 Å². The van der Waals surface area contributed by atoms with Gasteiger partial charge in [0.05, 0.1) is 31.2 Å². The molecule has 1 aromatic carbocycles. The summed E-state index contributed by atoms with van der Waals surface area (Å²) >= 11 is 1.51. The van der Waals surface area contributed by atoms with Crippen molar-refractivity contribution in [3.8, 4) is 11.5 Å². The molecular formula is C16H15NO4S. The van der Waals surface area contributed by atoms with Crippen molar-refractivity contribution in [2.45, 2.75) is 4.90 Å². The van der Waals surface area contributed by atoms with Gasteiger partial charge in [-0.3, -0.25) is 4.79 Å². The molecule has 0 aliphatic carbocycles. The maximum absolute atomic E-state index is 12.1. The number of ether oxygens (including phenoxy) is 2. The molecule has 5 nitrogen and oxygen atoms in total. The molecule has 1 aromatic heterocycles. The summed E-state index contributed by atoms with van der Waals surface area (Å²) in [5.41, 5.74) is 0.973. The van der Waals surface area contributed by atoms with Gasteiger partial charge in [0.15, 0.2) is 17.3 Å². The number of nitrogens with zero attached hydrogens (tertiary/aromatic N) is 1. The number of fused-ring (bicyclic) bond motifs is 1. The Bertz CT molecular complexity index is 737. The van der Waals surface area contributed by atoms with E-state index in [1.807, 2.05) is 24.1 Å². The molecule has 0 atom stereocenters. The van der Waals surface area contributed by atoms with Gasteiger partial charge in [0, 0.05) is 30.2 Å². The third-order valence-corrected chi connectivity index (χ3v) is 4.54. The number of hydrogen-bond acceptors (Lipinski definition) is 6. The molecule has 0 radical (unpaired) electrons. The van der Waals surface area contributed by atoms with E-state index in [2.05, 4.69) is 0 Å². The summed E-state index contributed by atoms with van der Waals surface area (Å²) in [7, 11) is 5.11. The SMILES string of the molecule is COc1cc2c(cc1OC)N(C)/C(=C/C(=O)c1ccco1)S2. The Hall–Kier alpha value is -2.34. The minimum atomic E-state index is -0.161. The van der Waals surface area contributed by atoms with Crippen molar-refractivity contribution >= 4 is 23.2 Å². The van der Waals surface area contributed by atoms with Crippen LogP contribution in [-0.2, 0) is 0 Å². The molecule has 3 rings (SSSR count). The van der Waals surface area contributed by atoms with Crippen molar-refractivity contribution in [1.82, 2.24) is 0 Å². The molecule has 0 saturated carbocycles. The predicted molar refractivity (Wildman–Crippen MR) is 84.9 cm³/mol. The van der Waals surface area contributed by atoms with Crippen molar-refractivity contribution in [2.24, 2.45) is 0 Å². The van der Waals surface area contributed by atoms with Gasteiger partial charge >= 0.3 is 0 Å². The number of allylic oxidation sites excluding steroid dienone is 1. The Labute approximate surface area is 132 Å². The predicted octanol–water partition coefficient (Wildman–Crippen LogP) is 3.56. The number of methoxy groups -OCH3 is 2. The van der Waals surface area contributed by atoms with Crippen LogP contribution < -0.4 is 14.4 Å². The first-order chi connectivity index (χ1) is 10.6. The standard InChI is InChI=1S/C16H15NO4S/c1-17-10-7-13(19-2)14(20-3)9-15(10)22-16(17)8-11(18)12-5-4-6-21-12/h4-9H,1-3H3/b16-8-. The second kappa shape index (κ2) is 5.81. The molecule has 0 unspecified atom stereocenters. The lowest BCUT2D eigenvalue weighted by Gasteiger charge is -2.15. The fourth-order valence-electron chi connectivity index (χ4n) is 2.22. The van der Waals surface area contributed by atoms with Crippen LogP contribution in [0.25, 0.3) is 0 Å². The molecule has 0 bridgehead atoms. The highest BCUT2D eigenvalue weighted by atomic mass is 32.2. The molecule has 0 fully saturated rings. The summed E-state index contributed by atoms with van der Waals surface area (Å²) in [6.07, 6.45) is 3.06. The first-order valence-corrected chi connectivity index (χ1v) is 7.43. The molecule has 2 heterocycles. The van der Waals surface area contributed by atoms with Crippen LogP contribution in [0.15, 0.2) is 50.9 Å². The second-order valence-electron chi connectivity index (χ2n) is 4.66. The molecular weight excluding hydrogens is 302 g/mol. The minimum absolute atomic E-state index is 0.161. The van der Waals surface area contributed by atoms with Crippen LogP contribution in [0.2, 0.25) is 0 Å². The lowest BCUT2D eigenvalue weighted by atomic mass is 10.2. The molecule has 0 N–H and O–H groups in total. The minimum Gasteiger partial charge on any atom is -0.493 e. The summed E-state index contributed by atoms with van der Waals surface area (Å²) in [5, 5.41) is 0.826. The normalized spacial score (nSPS) is 15.0. The zero-order valence-corrected chi connectivity index (χ0v) is 13.3. The number of ketones is 1. The quantitative estimate of drug-likeness (QED) is 0.635. The summed E-state index contributed by atoms with van der Waals surface area (Å²) < 4.78 is 15.8. The molecule has 6 heteroatoms. The molecule has 22 heavy (non-hydrogen) atoms. The Morgan fingerprint density at radius 2 is 2.00 bits per heavy atom. The van der Waals surface area contributed by atoms with Gasteiger partial charge in [-0.2, -0.15) is 0 Å². The highest BCUT2D eigenvalue weighted by Gasteiger charge is 2.26. The van der Waals surface area contributed by atoms with Crippen LogP contribution in [0, 0.1) is 0 Å². The van der Waals surface area contributed by atoms with E-state index < -0.39 is 0 Å². The van der Waals surface area contributed by atoms with E-state index >= 15 is 0 Å². The Morgan fingerprint density at radius 1 is 1.27 bits per heavy atom. The van der Waals surface area contributed by atoms with Crippen molar-refractivity contribution in [2.75, 3.05) is 26.2 Å². The maximum Gasteiger partial charge on any atom is 0.223 e. The summed E-state index contributed by atoms with van der Waals surface area (Å²) in [5.74, 6) is 1.49. The number of thioether (sulfide) groups is 1. The molecule has 1 aliphatic heterocycles. The van der Waals surface area contributed by atoms with E-state index in [0.717, 1.165) is 15.6 Å². The van der Waals surface area contributed by atoms with Crippen LogP contribution in [0.5, 0.6) is 11.5 Å². The van der Waals surface area contributed by atoms with E-state index in [1.165, 1.54) is 18.0 Å². The van der Waals surface area contributed by atoms with Crippen LogP contribution in [0.1, 0.15) is 10.6 Å². The third kappa shape index (κ3) is 2.46. The molecule has 0 amide bonds. The second-order valence-corrected chi connectivity index (χ2v) is 5.72. The van der Waals surface area contributed by atoms with Gasteiger partial charge in [-0.25, -0.2) is 0 Å². The molecule has 0 saturated heterocycles. The van der Waals surface area contributed by atoms with E-state index in [-0.39, 0.29) is 5.78 Å². The Kier molecular flexibility index (Phi) is 3.85. The monoisotopic (exact) mass is 317 g/mol. The van der Waals surface area contributed by atoms with E-state index in [9.17, 15) is 4.79 Å². The van der Waals surface area contributed by atoms with E-state index in [0.29, 0.717) is 17.3 Å². The zero-order valence-electron chi connectivity index (χ0n) is 12.5. The van der Waals surface area contributed by atoms with Crippen LogP contribution in [-0.4, -0.2) is 27.1 Å². The number of carbonyl (C=O) groups excluding carboxylic acids is 1. The smallest absolute Gasteiger partial charge is 0.223 e. The first kappa shape index (κ1) is 14.6. The summed E-state index contributed by atoms with van der Waals surface area (Å²) in [6.45, 7) is 0. The number of furan rings is 1. The van der Waals surface area contributed by atoms with Crippen LogP contribution >= 0.6 is 11.8 Å². The molecule has 114 valence electrons. The average Bonchev–Trinajstić information content (AvgIpc) is 3.15. The molecule has 0 spiro atoms. The van der Waals surface area contributed by atoms with Gasteiger partial charge in [-0.05, 0) is 12.1 Å². The topological polar surface area (TPSA) is 51.9 Å². The zero-order chi connectivity index (χ0) is 15.7. The molecule has 1 aliphatic rings. The lowest BCUT2D eigenvalue weighted by molar-refractivity contribution is 0.102. The van der Waals surface area contributed by atoms with Crippen LogP contribution in [0.4, 0.5) is 5.69 Å². The third-order valence-electron chi connectivity index (χ3n) is 3.39. The van der Waals surface area contributed by atoms with Crippen LogP contribution in [0.3, 0.4) is 0 Å². The first-order valence-electron chi connectivity index (χ1n) is 6.61. The number of benzene rings is 1. The summed E-state index contributed by atoms with van der Waals surface area (Å²) in [6, 6.07) is 7.16. The highest BCUT2D eigenvalue weighted by molar-refractivity contribution is 8.03. The van der Waals surface area contributed by atoms with Gasteiger partial charge in [-0.15, -0.1) is 0 Å². The van der Waals surface area contributed by atoms with Gasteiger partial charge in [0.1, 0.15) is 0 Å². The number of rotatable bonds is 4. The number of anilines is 1. The Morgan fingerprint density at radius 3 is 2.64 bits per heavy atom. The molecule has 2 aromatic rings. The average molecular weight is 317 g/mol. The number of hydrogen-bond donors (Lipinski definition) is 0. The highest BCUT2D eigenvalue weighted by Crippen LogP contribution is 2.49. The fourth-order valence-corrected chi connectivity index (χ4v) is 3.31. The van der Waals surface area contributed by atoms with Crippen molar-refractivity contribution in [1.29, 1.82) is 0 Å². The van der Waals surface area contributed by atoms with Gasteiger partial charge in [0.25, 0.3) is 0 Å². The van der Waals surface area contributed by atoms with E-state index in [4.69, 9.17) is 13.9 Å². The van der Waals surface area contributed by atoms with E-state index in [1.54, 1.807) is 32.4 Å². The van der Waals surface area contributed by atoms with Gasteiger partial charge in [-0.1, -0.05) is 11.8 Å². The van der Waals surface area contributed by atoms with Crippen molar-refractivity contribution in [3.05, 3.63) is 47.4 Å². The number of carbonyl (C=O) groups is 1. The van der Waals surface area contributed by atoms with Gasteiger partial charge < -0.3 is 18.8 Å². The van der Waals surface area contributed by atoms with Gasteiger partial charge in [0.2, 0.25) is 5.78 Å². The maximum atomic E-state index is 12.1. The lowest BCUT2D eigenvalue weighted by Crippen LogP contribution is -2.11. The largest absolute Gasteiger partial charge is 0.493 e. The Balaban J connectivity index is 1.94.